The van der Waals surface area contributed by atoms with Crippen LogP contribution in [0.4, 0.5) is 11.5 Å². The Labute approximate surface area is 193 Å². The Balaban J connectivity index is 0.00000187. The highest BCUT2D eigenvalue weighted by Gasteiger charge is 2.27. The van der Waals surface area contributed by atoms with Crippen LogP contribution in [0.2, 0.25) is 0 Å². The van der Waals surface area contributed by atoms with Gasteiger partial charge in [0.05, 0.1) is 17.6 Å². The van der Waals surface area contributed by atoms with Gasteiger partial charge >= 0.3 is 5.97 Å². The molecule has 0 fully saturated rings. The van der Waals surface area contributed by atoms with Crippen molar-refractivity contribution < 1.29 is 14.6 Å². The number of benzene rings is 2. The van der Waals surface area contributed by atoms with Gasteiger partial charge < -0.3 is 26.3 Å². The Morgan fingerprint density at radius 1 is 1.12 bits per heavy atom. The third-order valence-corrected chi connectivity index (χ3v) is 5.01. The van der Waals surface area contributed by atoms with Crippen LogP contribution in [-0.4, -0.2) is 27.7 Å². The van der Waals surface area contributed by atoms with Gasteiger partial charge in [0.25, 0.3) is 5.56 Å². The van der Waals surface area contributed by atoms with Crippen molar-refractivity contribution in [3.8, 4) is 28.3 Å². The zero-order chi connectivity index (χ0) is 24.8. The molecule has 8 heteroatoms. The van der Waals surface area contributed by atoms with Crippen LogP contribution in [0.1, 0.15) is 40.2 Å². The SMILES string of the molecule is CC.CCOc1cc(-c2cccc(CC(C)(C)C(=O)O)c2)ccc1-c1nc(N)c(N)c(=O)[nH]1. The minimum absolute atomic E-state index is 0.0426. The van der Waals surface area contributed by atoms with Crippen LogP contribution in [0.5, 0.6) is 5.75 Å². The molecule has 2 aromatic carbocycles. The molecular weight excluding hydrogens is 420 g/mol. The maximum Gasteiger partial charge on any atom is 0.309 e. The Morgan fingerprint density at radius 3 is 2.39 bits per heavy atom. The van der Waals surface area contributed by atoms with E-state index >= 15 is 0 Å². The van der Waals surface area contributed by atoms with Crippen LogP contribution >= 0.6 is 0 Å². The summed E-state index contributed by atoms with van der Waals surface area (Å²) in [5, 5.41) is 9.41. The number of carboxylic acid groups (broad SMARTS) is 1. The van der Waals surface area contributed by atoms with Crippen molar-refractivity contribution >= 4 is 17.5 Å². The van der Waals surface area contributed by atoms with E-state index in [4.69, 9.17) is 16.2 Å². The van der Waals surface area contributed by atoms with E-state index in [0.29, 0.717) is 24.3 Å². The number of carboxylic acids is 1. The number of anilines is 2. The molecule has 0 unspecified atom stereocenters. The first-order valence-corrected chi connectivity index (χ1v) is 10.9. The molecule has 0 saturated heterocycles. The number of hydrogen-bond acceptors (Lipinski definition) is 6. The number of nitrogen functional groups attached to an aromatic ring is 2. The summed E-state index contributed by atoms with van der Waals surface area (Å²) in [4.78, 5) is 30.3. The highest BCUT2D eigenvalue weighted by Crippen LogP contribution is 2.34. The van der Waals surface area contributed by atoms with Crippen LogP contribution in [0.3, 0.4) is 0 Å². The average molecular weight is 453 g/mol. The molecule has 1 heterocycles. The summed E-state index contributed by atoms with van der Waals surface area (Å²) in [7, 11) is 0. The maximum absolute atomic E-state index is 12.0. The van der Waals surface area contributed by atoms with E-state index in [-0.39, 0.29) is 17.3 Å². The molecule has 3 aromatic rings. The van der Waals surface area contributed by atoms with E-state index in [0.717, 1.165) is 16.7 Å². The normalized spacial score (nSPS) is 10.8. The summed E-state index contributed by atoms with van der Waals surface area (Å²) in [6.07, 6.45) is 0.405. The van der Waals surface area contributed by atoms with Crippen LogP contribution in [0.25, 0.3) is 22.5 Å². The monoisotopic (exact) mass is 452 g/mol. The maximum atomic E-state index is 12.0. The van der Waals surface area contributed by atoms with Gasteiger partial charge in [-0.3, -0.25) is 9.59 Å². The topological polar surface area (TPSA) is 144 Å². The lowest BCUT2D eigenvalue weighted by atomic mass is 9.85. The van der Waals surface area contributed by atoms with Gasteiger partial charge in [-0.25, -0.2) is 4.98 Å². The third-order valence-electron chi connectivity index (χ3n) is 5.01. The van der Waals surface area contributed by atoms with Gasteiger partial charge in [0.1, 0.15) is 17.3 Å². The highest BCUT2D eigenvalue weighted by molar-refractivity contribution is 5.76. The molecule has 0 saturated carbocycles. The summed E-state index contributed by atoms with van der Waals surface area (Å²) >= 11 is 0. The predicted molar refractivity (Wildman–Crippen MR) is 132 cm³/mol. The first-order valence-electron chi connectivity index (χ1n) is 10.9. The summed E-state index contributed by atoms with van der Waals surface area (Å²) < 4.78 is 5.79. The number of rotatable bonds is 7. The number of nitrogens with one attached hydrogen (secondary N) is 1. The number of H-pyrrole nitrogens is 1. The van der Waals surface area contributed by atoms with Crippen molar-refractivity contribution in [1.82, 2.24) is 9.97 Å². The lowest BCUT2D eigenvalue weighted by molar-refractivity contribution is -0.146. The summed E-state index contributed by atoms with van der Waals surface area (Å²) in [5.41, 5.74) is 13.2. The Hall–Kier alpha value is -3.81. The number of aromatic nitrogens is 2. The fraction of sp³-hybridized carbons (Fsp3) is 0.320. The average Bonchev–Trinajstić information content (AvgIpc) is 2.78. The molecule has 0 radical (unpaired) electrons. The van der Waals surface area contributed by atoms with Crippen molar-refractivity contribution in [2.75, 3.05) is 18.1 Å². The molecule has 0 aliphatic rings. The van der Waals surface area contributed by atoms with Gasteiger partial charge in [0, 0.05) is 0 Å². The quantitative estimate of drug-likeness (QED) is 0.417. The van der Waals surface area contributed by atoms with Gasteiger partial charge in [0.2, 0.25) is 0 Å². The van der Waals surface area contributed by atoms with Crippen molar-refractivity contribution in [3.63, 3.8) is 0 Å². The third kappa shape index (κ3) is 5.91. The summed E-state index contributed by atoms with van der Waals surface area (Å²) in [6, 6.07) is 13.3. The molecule has 0 spiro atoms. The highest BCUT2D eigenvalue weighted by atomic mass is 16.5. The molecule has 0 aliphatic heterocycles. The van der Waals surface area contributed by atoms with E-state index < -0.39 is 16.9 Å². The van der Waals surface area contributed by atoms with Crippen LogP contribution in [0.15, 0.2) is 47.3 Å². The van der Waals surface area contributed by atoms with Gasteiger partial charge in [-0.2, -0.15) is 0 Å². The Morgan fingerprint density at radius 2 is 1.79 bits per heavy atom. The molecule has 8 nitrogen and oxygen atoms in total. The van der Waals surface area contributed by atoms with Crippen molar-refractivity contribution in [3.05, 3.63) is 58.4 Å². The molecular formula is C25H32N4O4. The molecule has 0 aliphatic carbocycles. The van der Waals surface area contributed by atoms with Crippen molar-refractivity contribution in [1.29, 1.82) is 0 Å². The molecule has 0 atom stereocenters. The van der Waals surface area contributed by atoms with Gasteiger partial charge in [-0.15, -0.1) is 0 Å². The van der Waals surface area contributed by atoms with E-state index in [1.54, 1.807) is 19.9 Å². The Kier molecular flexibility index (Phi) is 8.23. The molecule has 33 heavy (non-hydrogen) atoms. The van der Waals surface area contributed by atoms with Crippen molar-refractivity contribution in [2.45, 2.75) is 41.0 Å². The second-order valence-corrected chi connectivity index (χ2v) is 7.92. The second kappa shape index (κ2) is 10.7. The fourth-order valence-corrected chi connectivity index (χ4v) is 3.25. The molecule has 0 bridgehead atoms. The van der Waals surface area contributed by atoms with E-state index in [1.165, 1.54) is 0 Å². The zero-order valence-corrected chi connectivity index (χ0v) is 19.7. The van der Waals surface area contributed by atoms with E-state index in [1.807, 2.05) is 57.2 Å². The van der Waals surface area contributed by atoms with Crippen LogP contribution < -0.4 is 21.8 Å². The second-order valence-electron chi connectivity index (χ2n) is 7.92. The number of nitrogens with zero attached hydrogens (tertiary/aromatic N) is 1. The van der Waals surface area contributed by atoms with E-state index in [9.17, 15) is 14.7 Å². The molecule has 0 amide bonds. The lowest BCUT2D eigenvalue weighted by Gasteiger charge is -2.19. The number of ether oxygens (including phenoxy) is 1. The predicted octanol–water partition coefficient (Wildman–Crippen LogP) is 4.35. The smallest absolute Gasteiger partial charge is 0.309 e. The minimum Gasteiger partial charge on any atom is -0.493 e. The molecule has 176 valence electrons. The Bertz CT molecular complexity index is 1190. The standard InChI is InChI=1S/C23H26N4O4.C2H6/c1-4-31-17-11-15(8-9-16(17)20-26-19(25)18(24)21(28)27-20)14-7-5-6-13(10-14)12-23(2,3)22(29)30;1-2/h5-11H,4,12,24H2,1-3H3,(H,29,30)(H3,25,26,27,28);1-2H3. The minimum atomic E-state index is -0.869. The number of nitrogens with two attached hydrogens (primary N) is 2. The number of aliphatic carboxylic acids is 1. The molecule has 1 aromatic heterocycles. The zero-order valence-electron chi connectivity index (χ0n) is 19.7. The largest absolute Gasteiger partial charge is 0.493 e. The number of carbonyl (C=O) groups is 1. The van der Waals surface area contributed by atoms with Crippen LogP contribution in [0, 0.1) is 5.41 Å². The van der Waals surface area contributed by atoms with Gasteiger partial charge in [-0.05, 0) is 56.0 Å². The first kappa shape index (κ1) is 25.5. The summed E-state index contributed by atoms with van der Waals surface area (Å²) in [5.74, 6) is -0.0866. The van der Waals surface area contributed by atoms with Crippen molar-refractivity contribution in [2.24, 2.45) is 5.41 Å². The van der Waals surface area contributed by atoms with Gasteiger partial charge in [-0.1, -0.05) is 44.2 Å². The molecule has 3 rings (SSSR count). The molecule has 6 N–H and O–H groups in total. The number of aromatic amines is 1. The van der Waals surface area contributed by atoms with Gasteiger partial charge in [0.15, 0.2) is 5.82 Å². The van der Waals surface area contributed by atoms with Crippen LogP contribution in [-0.2, 0) is 11.2 Å². The fourth-order valence-electron chi connectivity index (χ4n) is 3.25. The van der Waals surface area contributed by atoms with E-state index in [2.05, 4.69) is 9.97 Å². The summed E-state index contributed by atoms with van der Waals surface area (Å²) in [6.45, 7) is 9.68. The first-order chi connectivity index (χ1) is 15.6. The number of hydrogen-bond donors (Lipinski definition) is 4. The lowest BCUT2D eigenvalue weighted by Crippen LogP contribution is -2.26.